The predicted octanol–water partition coefficient (Wildman–Crippen LogP) is 2.25. The molecule has 0 aliphatic carbocycles. The minimum absolute atomic E-state index is 0.141. The highest BCUT2D eigenvalue weighted by Gasteiger charge is 2.32. The van der Waals surface area contributed by atoms with Crippen LogP contribution in [0.25, 0.3) is 5.65 Å². The number of H-pyrrole nitrogens is 1. The fourth-order valence-corrected chi connectivity index (χ4v) is 3.51. The van der Waals surface area contributed by atoms with Crippen LogP contribution >= 0.6 is 0 Å². The summed E-state index contributed by atoms with van der Waals surface area (Å²) in [6, 6.07) is 4.91. The lowest BCUT2D eigenvalue weighted by Crippen LogP contribution is -2.38. The van der Waals surface area contributed by atoms with E-state index < -0.39 is 0 Å². The Morgan fingerprint density at radius 3 is 2.92 bits per heavy atom. The molecule has 26 heavy (non-hydrogen) atoms. The number of fused-ring (bicyclic) bond motifs is 1. The van der Waals surface area contributed by atoms with Crippen molar-refractivity contribution < 1.29 is 9.32 Å². The molecule has 1 aliphatic rings. The average molecular weight is 355 g/mol. The summed E-state index contributed by atoms with van der Waals surface area (Å²) in [5.74, 6) is 0.0672. The predicted molar refractivity (Wildman–Crippen MR) is 94.1 cm³/mol. The maximum Gasteiger partial charge on any atom is 0.293 e. The van der Waals surface area contributed by atoms with E-state index in [1.54, 1.807) is 17.9 Å². The van der Waals surface area contributed by atoms with Crippen LogP contribution in [0.2, 0.25) is 0 Å². The van der Waals surface area contributed by atoms with Crippen molar-refractivity contribution in [2.45, 2.75) is 45.6 Å². The van der Waals surface area contributed by atoms with E-state index >= 15 is 0 Å². The van der Waals surface area contributed by atoms with Crippen LogP contribution in [-0.2, 0) is 6.42 Å². The molecule has 8 nitrogen and oxygen atoms in total. The molecule has 1 atom stereocenters. The second-order valence-corrected chi connectivity index (χ2v) is 6.69. The third-order valence-electron chi connectivity index (χ3n) is 4.85. The molecule has 0 spiro atoms. The van der Waals surface area contributed by atoms with E-state index in [9.17, 15) is 9.59 Å². The Hall–Kier alpha value is -2.90. The summed E-state index contributed by atoms with van der Waals surface area (Å²) in [4.78, 5) is 31.4. The standard InChI is InChI=1S/C18H21N5O3/c1-3-12-9-17(24)23-16(19-12)10-13(20-23)14-6-4-5-7-22(14)18(25)15-8-11(2)21-26-15/h8-10,14,20H,3-7H2,1-2H3/t14-/m0/s1. The van der Waals surface area contributed by atoms with Crippen LogP contribution in [-0.4, -0.2) is 37.1 Å². The largest absolute Gasteiger partial charge is 0.351 e. The Morgan fingerprint density at radius 1 is 1.35 bits per heavy atom. The molecule has 0 radical (unpaired) electrons. The molecule has 1 aliphatic heterocycles. The van der Waals surface area contributed by atoms with Crippen LogP contribution < -0.4 is 5.56 Å². The van der Waals surface area contributed by atoms with Gasteiger partial charge in [-0.1, -0.05) is 12.1 Å². The average Bonchev–Trinajstić information content (AvgIpc) is 3.27. The number of hydrogen-bond acceptors (Lipinski definition) is 5. The van der Waals surface area contributed by atoms with Gasteiger partial charge in [0.25, 0.3) is 11.5 Å². The number of rotatable bonds is 3. The molecule has 0 aromatic carbocycles. The van der Waals surface area contributed by atoms with Crippen molar-refractivity contribution in [3.05, 3.63) is 51.4 Å². The number of aryl methyl sites for hydroxylation is 2. The van der Waals surface area contributed by atoms with Gasteiger partial charge in [0.15, 0.2) is 5.65 Å². The fraction of sp³-hybridized carbons (Fsp3) is 0.444. The molecule has 1 N–H and O–H groups in total. The van der Waals surface area contributed by atoms with Crippen LogP contribution in [0.4, 0.5) is 0 Å². The minimum atomic E-state index is -0.177. The molecule has 0 unspecified atom stereocenters. The Labute approximate surface area is 149 Å². The molecule has 0 bridgehead atoms. The molecule has 136 valence electrons. The highest BCUT2D eigenvalue weighted by Crippen LogP contribution is 2.31. The van der Waals surface area contributed by atoms with E-state index in [2.05, 4.69) is 15.2 Å². The van der Waals surface area contributed by atoms with Crippen LogP contribution in [0, 0.1) is 6.92 Å². The van der Waals surface area contributed by atoms with E-state index in [1.165, 1.54) is 10.6 Å². The highest BCUT2D eigenvalue weighted by atomic mass is 16.5. The second kappa shape index (κ2) is 6.44. The first-order valence-corrected chi connectivity index (χ1v) is 8.92. The normalized spacial score (nSPS) is 17.8. The van der Waals surface area contributed by atoms with Crippen molar-refractivity contribution >= 4 is 11.6 Å². The first-order chi connectivity index (χ1) is 12.6. The molecule has 8 heteroatoms. The van der Waals surface area contributed by atoms with Crippen molar-refractivity contribution in [1.82, 2.24) is 24.7 Å². The number of aromatic nitrogens is 4. The van der Waals surface area contributed by atoms with Crippen molar-refractivity contribution in [1.29, 1.82) is 0 Å². The molecule has 1 amide bonds. The number of aromatic amines is 1. The maximum absolute atomic E-state index is 12.9. The van der Waals surface area contributed by atoms with E-state index in [4.69, 9.17) is 4.52 Å². The van der Waals surface area contributed by atoms with Gasteiger partial charge in [-0.05, 0) is 32.6 Å². The van der Waals surface area contributed by atoms with Crippen LogP contribution in [0.1, 0.15) is 59.9 Å². The van der Waals surface area contributed by atoms with Crippen molar-refractivity contribution in [3.8, 4) is 0 Å². The second-order valence-electron chi connectivity index (χ2n) is 6.69. The van der Waals surface area contributed by atoms with Gasteiger partial charge in [0, 0.05) is 30.4 Å². The smallest absolute Gasteiger partial charge is 0.293 e. The van der Waals surface area contributed by atoms with Gasteiger partial charge in [-0.15, -0.1) is 0 Å². The minimum Gasteiger partial charge on any atom is -0.351 e. The first-order valence-electron chi connectivity index (χ1n) is 8.92. The molecular formula is C18H21N5O3. The van der Waals surface area contributed by atoms with Gasteiger partial charge in [-0.2, -0.15) is 0 Å². The summed E-state index contributed by atoms with van der Waals surface area (Å²) in [7, 11) is 0. The molecule has 3 aromatic rings. The molecule has 1 saturated heterocycles. The van der Waals surface area contributed by atoms with Gasteiger partial charge in [0.05, 0.1) is 17.4 Å². The van der Waals surface area contributed by atoms with Gasteiger partial charge in [-0.3, -0.25) is 14.7 Å². The molecular weight excluding hydrogens is 334 g/mol. The number of carbonyl (C=O) groups is 1. The highest BCUT2D eigenvalue weighted by molar-refractivity contribution is 5.91. The Kier molecular flexibility index (Phi) is 4.10. The molecule has 0 saturated carbocycles. The number of hydrogen-bond donors (Lipinski definition) is 1. The SMILES string of the molecule is CCc1cc(=O)n2[nH]c([C@@H]3CCCCN3C(=O)c3cc(C)no3)cc2n1. The lowest BCUT2D eigenvalue weighted by Gasteiger charge is -2.34. The van der Waals surface area contributed by atoms with Crippen molar-refractivity contribution in [3.63, 3.8) is 0 Å². The lowest BCUT2D eigenvalue weighted by atomic mass is 9.99. The lowest BCUT2D eigenvalue weighted by molar-refractivity contribution is 0.0563. The third-order valence-corrected chi connectivity index (χ3v) is 4.85. The van der Waals surface area contributed by atoms with Crippen LogP contribution in [0.3, 0.4) is 0 Å². The number of amides is 1. The molecule has 3 aromatic heterocycles. The number of piperidine rings is 1. The van der Waals surface area contributed by atoms with Gasteiger partial charge in [-0.25, -0.2) is 9.50 Å². The van der Waals surface area contributed by atoms with E-state index in [0.29, 0.717) is 24.3 Å². The summed E-state index contributed by atoms with van der Waals surface area (Å²) < 4.78 is 6.59. The number of likely N-dealkylation sites (tertiary alicyclic amines) is 1. The number of nitrogens with zero attached hydrogens (tertiary/aromatic N) is 4. The van der Waals surface area contributed by atoms with E-state index in [1.807, 2.05) is 13.0 Å². The Balaban J connectivity index is 1.72. The van der Waals surface area contributed by atoms with E-state index in [-0.39, 0.29) is 23.3 Å². The zero-order valence-electron chi connectivity index (χ0n) is 14.9. The fourth-order valence-electron chi connectivity index (χ4n) is 3.51. The molecule has 1 fully saturated rings. The number of carbonyl (C=O) groups excluding carboxylic acids is 1. The molecule has 4 rings (SSSR count). The summed E-state index contributed by atoms with van der Waals surface area (Å²) >= 11 is 0. The topological polar surface area (TPSA) is 96.5 Å². The van der Waals surface area contributed by atoms with Crippen LogP contribution in [0.15, 0.2) is 27.5 Å². The maximum atomic E-state index is 12.9. The first kappa shape index (κ1) is 16.6. The van der Waals surface area contributed by atoms with Gasteiger partial charge >= 0.3 is 0 Å². The number of nitrogens with one attached hydrogen (secondary N) is 1. The van der Waals surface area contributed by atoms with Gasteiger partial charge in [0.2, 0.25) is 5.76 Å². The van der Waals surface area contributed by atoms with E-state index in [0.717, 1.165) is 30.7 Å². The monoisotopic (exact) mass is 355 g/mol. The van der Waals surface area contributed by atoms with Gasteiger partial charge < -0.3 is 9.42 Å². The Morgan fingerprint density at radius 2 is 2.19 bits per heavy atom. The summed E-state index contributed by atoms with van der Waals surface area (Å²) in [5, 5.41) is 6.94. The summed E-state index contributed by atoms with van der Waals surface area (Å²) in [6.45, 7) is 4.39. The van der Waals surface area contributed by atoms with Crippen LogP contribution in [0.5, 0.6) is 0 Å². The van der Waals surface area contributed by atoms with Crippen molar-refractivity contribution in [2.24, 2.45) is 0 Å². The zero-order valence-corrected chi connectivity index (χ0v) is 14.9. The van der Waals surface area contributed by atoms with Gasteiger partial charge in [0.1, 0.15) is 0 Å². The van der Waals surface area contributed by atoms with Crippen molar-refractivity contribution in [2.75, 3.05) is 6.54 Å². The zero-order chi connectivity index (χ0) is 18.3. The summed E-state index contributed by atoms with van der Waals surface area (Å²) in [6.07, 6.45) is 3.47. The molecule has 4 heterocycles. The summed E-state index contributed by atoms with van der Waals surface area (Å²) in [5.41, 5.74) is 2.69. The Bertz CT molecular complexity index is 1020. The quantitative estimate of drug-likeness (QED) is 0.777. The third kappa shape index (κ3) is 2.81.